The van der Waals surface area contributed by atoms with Gasteiger partial charge >= 0.3 is 0 Å². The van der Waals surface area contributed by atoms with Crippen LogP contribution < -0.4 is 18.9 Å². The third kappa shape index (κ3) is 12.7. The van der Waals surface area contributed by atoms with Crippen molar-refractivity contribution in [1.29, 1.82) is 0 Å². The van der Waals surface area contributed by atoms with E-state index in [1.165, 1.54) is 0 Å². The van der Waals surface area contributed by atoms with Gasteiger partial charge in [-0.3, -0.25) is 0 Å². The Balaban J connectivity index is 1.45. The quantitative estimate of drug-likeness (QED) is 0.409. The molecule has 1 aliphatic heterocycles. The van der Waals surface area contributed by atoms with Crippen LogP contribution in [0.5, 0.6) is 23.0 Å². The molecule has 0 amide bonds. The van der Waals surface area contributed by atoms with Gasteiger partial charge in [0.1, 0.15) is 26.4 Å². The zero-order valence-corrected chi connectivity index (χ0v) is 24.0. The lowest BCUT2D eigenvalue weighted by atomic mass is 10.3. The highest BCUT2D eigenvalue weighted by atomic mass is 79.9. The average Bonchev–Trinajstić information content (AvgIpc) is 2.89. The summed E-state index contributed by atoms with van der Waals surface area (Å²) >= 11 is 6.94. The number of fused-ring (bicyclic) bond motifs is 2. The van der Waals surface area contributed by atoms with Crippen LogP contribution >= 0.6 is 31.9 Å². The van der Waals surface area contributed by atoms with Gasteiger partial charge in [-0.25, -0.2) is 0 Å². The summed E-state index contributed by atoms with van der Waals surface area (Å²) in [5.74, 6) is 2.59. The average molecular weight is 650 g/mol. The van der Waals surface area contributed by atoms with Crippen LogP contribution in [0.25, 0.3) is 0 Å². The molecule has 0 bridgehead atoms. The minimum Gasteiger partial charge on any atom is -0.487 e. The smallest absolute Gasteiger partial charge is 0.162 e. The summed E-state index contributed by atoms with van der Waals surface area (Å²) in [7, 11) is 0. The first kappa shape index (κ1) is 29.9. The van der Waals surface area contributed by atoms with Crippen LogP contribution in [-0.2, 0) is 23.7 Å². The SMILES string of the molecule is Brc1ccc2c(c1)OCCOCCOCCOCCOc1ccc(Br)cc1OCCOCCOCCO2. The molecule has 11 heteroatoms. The van der Waals surface area contributed by atoms with Crippen molar-refractivity contribution in [3.63, 3.8) is 0 Å². The van der Waals surface area contributed by atoms with Crippen LogP contribution in [0.4, 0.5) is 0 Å². The van der Waals surface area contributed by atoms with Gasteiger partial charge in [0.25, 0.3) is 0 Å². The van der Waals surface area contributed by atoms with E-state index < -0.39 is 0 Å². The first-order chi connectivity index (χ1) is 18.2. The largest absolute Gasteiger partial charge is 0.487 e. The molecule has 0 saturated carbocycles. The van der Waals surface area contributed by atoms with E-state index in [1.54, 1.807) is 0 Å². The van der Waals surface area contributed by atoms with Gasteiger partial charge in [0.2, 0.25) is 0 Å². The van der Waals surface area contributed by atoms with Gasteiger partial charge < -0.3 is 42.6 Å². The monoisotopic (exact) mass is 648 g/mol. The van der Waals surface area contributed by atoms with Crippen molar-refractivity contribution in [2.45, 2.75) is 0 Å². The lowest BCUT2D eigenvalue weighted by Crippen LogP contribution is -2.14. The van der Waals surface area contributed by atoms with Gasteiger partial charge in [-0.1, -0.05) is 31.9 Å². The fourth-order valence-corrected chi connectivity index (χ4v) is 3.81. The summed E-state index contributed by atoms with van der Waals surface area (Å²) < 4.78 is 53.1. The second-order valence-corrected chi connectivity index (χ2v) is 9.47. The lowest BCUT2D eigenvalue weighted by Gasteiger charge is -2.14. The summed E-state index contributed by atoms with van der Waals surface area (Å²) in [5.41, 5.74) is 0. The molecule has 1 aliphatic rings. The second-order valence-electron chi connectivity index (χ2n) is 7.64. The van der Waals surface area contributed by atoms with Gasteiger partial charge in [-0.05, 0) is 36.4 Å². The van der Waals surface area contributed by atoms with E-state index >= 15 is 0 Å². The molecule has 2 aromatic carbocycles. The first-order valence-corrected chi connectivity index (χ1v) is 13.8. The zero-order valence-electron chi connectivity index (χ0n) is 20.8. The molecule has 0 aliphatic carbocycles. The Morgan fingerprint density at radius 3 is 0.946 bits per heavy atom. The van der Waals surface area contributed by atoms with E-state index in [0.717, 1.165) is 8.95 Å². The molecule has 0 unspecified atom stereocenters. The first-order valence-electron chi connectivity index (χ1n) is 12.2. The molecule has 9 nitrogen and oxygen atoms in total. The van der Waals surface area contributed by atoms with Crippen molar-refractivity contribution < 1.29 is 42.6 Å². The minimum absolute atomic E-state index is 0.389. The Bertz CT molecular complexity index is 900. The maximum atomic E-state index is 5.85. The highest BCUT2D eigenvalue weighted by molar-refractivity contribution is 9.10. The van der Waals surface area contributed by atoms with Crippen LogP contribution in [0.2, 0.25) is 0 Å². The molecule has 0 fully saturated rings. The number of rotatable bonds is 0. The number of hydrogen-bond donors (Lipinski definition) is 0. The fourth-order valence-electron chi connectivity index (χ4n) is 3.13. The second kappa shape index (κ2) is 18.6. The van der Waals surface area contributed by atoms with Gasteiger partial charge in [0, 0.05) is 8.95 Å². The van der Waals surface area contributed by atoms with Crippen molar-refractivity contribution in [3.8, 4) is 23.0 Å². The van der Waals surface area contributed by atoms with Crippen molar-refractivity contribution in [1.82, 2.24) is 0 Å². The van der Waals surface area contributed by atoms with E-state index in [2.05, 4.69) is 31.9 Å². The number of halogens is 2. The highest BCUT2D eigenvalue weighted by Crippen LogP contribution is 2.31. The van der Waals surface area contributed by atoms with E-state index in [0.29, 0.717) is 115 Å². The molecule has 0 aromatic heterocycles. The van der Waals surface area contributed by atoms with Crippen molar-refractivity contribution in [3.05, 3.63) is 45.3 Å². The summed E-state index contributed by atoms with van der Waals surface area (Å²) in [6, 6.07) is 11.3. The molecule has 1 heterocycles. The Hall–Kier alpha value is -1.60. The Morgan fingerprint density at radius 1 is 0.351 bits per heavy atom. The Morgan fingerprint density at radius 2 is 0.622 bits per heavy atom. The van der Waals surface area contributed by atoms with E-state index in [9.17, 15) is 0 Å². The van der Waals surface area contributed by atoms with Crippen LogP contribution in [0.3, 0.4) is 0 Å². The molecule has 0 N–H and O–H groups in total. The number of benzene rings is 2. The van der Waals surface area contributed by atoms with E-state index in [-0.39, 0.29) is 0 Å². The van der Waals surface area contributed by atoms with Gasteiger partial charge in [-0.15, -0.1) is 0 Å². The molecular formula is C26H34Br2O9. The topological polar surface area (TPSA) is 83.1 Å². The van der Waals surface area contributed by atoms with Crippen molar-refractivity contribution in [2.24, 2.45) is 0 Å². The van der Waals surface area contributed by atoms with Crippen molar-refractivity contribution >= 4 is 31.9 Å². The van der Waals surface area contributed by atoms with E-state index in [4.69, 9.17) is 42.6 Å². The lowest BCUT2D eigenvalue weighted by molar-refractivity contribution is 0.00471. The van der Waals surface area contributed by atoms with Crippen LogP contribution in [-0.4, -0.2) is 92.5 Å². The number of ether oxygens (including phenoxy) is 9. The normalized spacial score (nSPS) is 18.4. The maximum absolute atomic E-state index is 5.85. The molecule has 37 heavy (non-hydrogen) atoms. The van der Waals surface area contributed by atoms with Gasteiger partial charge in [0.15, 0.2) is 23.0 Å². The molecule has 0 saturated heterocycles. The molecule has 206 valence electrons. The third-order valence-corrected chi connectivity index (χ3v) is 5.85. The van der Waals surface area contributed by atoms with Gasteiger partial charge in [-0.2, -0.15) is 0 Å². The summed E-state index contributed by atoms with van der Waals surface area (Å²) in [5, 5.41) is 0. The summed E-state index contributed by atoms with van der Waals surface area (Å²) in [4.78, 5) is 0. The molecule has 3 rings (SSSR count). The fraction of sp³-hybridized carbons (Fsp3) is 0.538. The predicted molar refractivity (Wildman–Crippen MR) is 144 cm³/mol. The Kier molecular flexibility index (Phi) is 15.1. The van der Waals surface area contributed by atoms with Crippen molar-refractivity contribution in [2.75, 3.05) is 92.5 Å². The minimum atomic E-state index is 0.389. The molecule has 0 spiro atoms. The van der Waals surface area contributed by atoms with Gasteiger partial charge in [0.05, 0.1) is 66.1 Å². The Labute approximate surface area is 234 Å². The zero-order chi connectivity index (χ0) is 26.0. The summed E-state index contributed by atoms with van der Waals surface area (Å²) in [6.45, 7) is 6.15. The third-order valence-electron chi connectivity index (χ3n) is 4.87. The number of hydrogen-bond acceptors (Lipinski definition) is 9. The standard InChI is InChI=1S/C26H34Br2O9/c27-21-2-4-24-25(19-21)36-17-13-32-8-6-29-5-7-30-11-15-34-23-3-1-22(28)20-26(23)37-18-14-33-10-9-31-12-16-35-24/h1-4,19-20H,5-18H2. The molecule has 2 aromatic rings. The molecule has 0 atom stereocenters. The molecular weight excluding hydrogens is 616 g/mol. The summed E-state index contributed by atoms with van der Waals surface area (Å²) in [6.07, 6.45) is 0. The van der Waals surface area contributed by atoms with Crippen LogP contribution in [0.15, 0.2) is 45.3 Å². The predicted octanol–water partition coefficient (Wildman–Crippen LogP) is 4.52. The van der Waals surface area contributed by atoms with Crippen LogP contribution in [0, 0.1) is 0 Å². The van der Waals surface area contributed by atoms with E-state index in [1.807, 2.05) is 36.4 Å². The maximum Gasteiger partial charge on any atom is 0.162 e. The van der Waals surface area contributed by atoms with Crippen LogP contribution in [0.1, 0.15) is 0 Å². The molecule has 0 radical (unpaired) electrons. The highest BCUT2D eigenvalue weighted by Gasteiger charge is 2.08.